The third-order valence-electron chi connectivity index (χ3n) is 1.78. The number of hydrogen-bond donors (Lipinski definition) is 0. The maximum Gasteiger partial charge on any atom is 0.0955 e. The van der Waals surface area contributed by atoms with Crippen LogP contribution in [0.15, 0.2) is 6.20 Å². The SMILES string of the molecule is CCCC(C)c1ncc(C)s1. The minimum Gasteiger partial charge on any atom is -0.249 e. The minimum absolute atomic E-state index is 0.652. The lowest BCUT2D eigenvalue weighted by atomic mass is 10.1. The van der Waals surface area contributed by atoms with E-state index >= 15 is 0 Å². The molecule has 1 atom stereocenters. The summed E-state index contributed by atoms with van der Waals surface area (Å²) in [6.07, 6.45) is 4.47. The summed E-state index contributed by atoms with van der Waals surface area (Å²) in [5, 5.41) is 1.30. The van der Waals surface area contributed by atoms with Gasteiger partial charge in [-0.2, -0.15) is 0 Å². The summed E-state index contributed by atoms with van der Waals surface area (Å²) >= 11 is 1.82. The summed E-state index contributed by atoms with van der Waals surface area (Å²) < 4.78 is 0. The fraction of sp³-hybridized carbons (Fsp3) is 0.667. The molecular weight excluding hydrogens is 154 g/mol. The molecule has 0 radical (unpaired) electrons. The minimum atomic E-state index is 0.652. The second-order valence-electron chi connectivity index (χ2n) is 3.00. The standard InChI is InChI=1S/C9H15NS/c1-4-5-7(2)9-10-6-8(3)11-9/h6-7H,4-5H2,1-3H3. The number of aryl methyl sites for hydroxylation is 1. The maximum atomic E-state index is 4.35. The maximum absolute atomic E-state index is 4.35. The van der Waals surface area contributed by atoms with Gasteiger partial charge in [-0.05, 0) is 13.3 Å². The Balaban J connectivity index is 2.60. The van der Waals surface area contributed by atoms with E-state index in [2.05, 4.69) is 25.8 Å². The first-order valence-corrected chi connectivity index (χ1v) is 4.98. The molecule has 2 heteroatoms. The third-order valence-corrected chi connectivity index (χ3v) is 2.93. The van der Waals surface area contributed by atoms with Gasteiger partial charge in [0, 0.05) is 17.0 Å². The Morgan fingerprint density at radius 3 is 2.82 bits per heavy atom. The lowest BCUT2D eigenvalue weighted by molar-refractivity contribution is 0.660. The molecule has 1 aromatic rings. The molecule has 0 aliphatic heterocycles. The van der Waals surface area contributed by atoms with Crippen molar-refractivity contribution in [3.8, 4) is 0 Å². The quantitative estimate of drug-likeness (QED) is 0.676. The molecule has 0 aromatic carbocycles. The van der Waals surface area contributed by atoms with E-state index in [-0.39, 0.29) is 0 Å². The van der Waals surface area contributed by atoms with E-state index < -0.39 is 0 Å². The van der Waals surface area contributed by atoms with Crippen molar-refractivity contribution in [1.82, 2.24) is 4.98 Å². The van der Waals surface area contributed by atoms with Gasteiger partial charge < -0.3 is 0 Å². The van der Waals surface area contributed by atoms with Gasteiger partial charge in [-0.3, -0.25) is 0 Å². The Morgan fingerprint density at radius 1 is 1.64 bits per heavy atom. The molecular formula is C9H15NS. The van der Waals surface area contributed by atoms with Crippen LogP contribution in [0, 0.1) is 6.92 Å². The van der Waals surface area contributed by atoms with Crippen LogP contribution in [-0.4, -0.2) is 4.98 Å². The Hall–Kier alpha value is -0.370. The first-order chi connectivity index (χ1) is 5.24. The molecule has 0 bridgehead atoms. The first-order valence-electron chi connectivity index (χ1n) is 4.16. The number of rotatable bonds is 3. The monoisotopic (exact) mass is 169 g/mol. The molecule has 0 aliphatic rings. The van der Waals surface area contributed by atoms with Crippen LogP contribution in [0.3, 0.4) is 0 Å². The molecule has 1 heterocycles. The number of aromatic nitrogens is 1. The van der Waals surface area contributed by atoms with E-state index in [9.17, 15) is 0 Å². The molecule has 0 saturated heterocycles. The predicted molar refractivity (Wildman–Crippen MR) is 50.2 cm³/mol. The fourth-order valence-corrected chi connectivity index (χ4v) is 2.02. The van der Waals surface area contributed by atoms with Gasteiger partial charge in [0.15, 0.2) is 0 Å². The highest BCUT2D eigenvalue weighted by Crippen LogP contribution is 2.24. The normalized spacial score (nSPS) is 13.4. The van der Waals surface area contributed by atoms with Crippen molar-refractivity contribution in [2.24, 2.45) is 0 Å². The lowest BCUT2D eigenvalue weighted by Crippen LogP contribution is -1.90. The van der Waals surface area contributed by atoms with E-state index in [1.54, 1.807) is 0 Å². The molecule has 0 aliphatic carbocycles. The van der Waals surface area contributed by atoms with Gasteiger partial charge in [0.1, 0.15) is 0 Å². The molecule has 1 nitrogen and oxygen atoms in total. The molecule has 1 unspecified atom stereocenters. The van der Waals surface area contributed by atoms with Crippen LogP contribution in [0.2, 0.25) is 0 Å². The van der Waals surface area contributed by atoms with Crippen LogP contribution in [0.25, 0.3) is 0 Å². The average Bonchev–Trinajstić information content (AvgIpc) is 2.36. The van der Waals surface area contributed by atoms with Gasteiger partial charge in [0.05, 0.1) is 5.01 Å². The molecule has 0 amide bonds. The fourth-order valence-electron chi connectivity index (χ4n) is 1.16. The highest BCUT2D eigenvalue weighted by atomic mass is 32.1. The van der Waals surface area contributed by atoms with Gasteiger partial charge >= 0.3 is 0 Å². The molecule has 0 saturated carbocycles. The molecule has 11 heavy (non-hydrogen) atoms. The largest absolute Gasteiger partial charge is 0.249 e. The summed E-state index contributed by atoms with van der Waals surface area (Å²) in [6, 6.07) is 0. The zero-order valence-electron chi connectivity index (χ0n) is 7.42. The Morgan fingerprint density at radius 2 is 2.36 bits per heavy atom. The summed E-state index contributed by atoms with van der Waals surface area (Å²) in [7, 11) is 0. The van der Waals surface area contributed by atoms with Crippen molar-refractivity contribution in [3.63, 3.8) is 0 Å². The average molecular weight is 169 g/mol. The van der Waals surface area contributed by atoms with Gasteiger partial charge in [-0.15, -0.1) is 11.3 Å². The molecule has 0 spiro atoms. The van der Waals surface area contributed by atoms with E-state index in [1.165, 1.54) is 22.7 Å². The van der Waals surface area contributed by atoms with Crippen molar-refractivity contribution in [1.29, 1.82) is 0 Å². The molecule has 0 fully saturated rings. The number of nitrogens with zero attached hydrogens (tertiary/aromatic N) is 1. The summed E-state index contributed by atoms with van der Waals surface area (Å²) in [5.74, 6) is 0.652. The van der Waals surface area contributed by atoms with Gasteiger partial charge in [0.2, 0.25) is 0 Å². The zero-order valence-corrected chi connectivity index (χ0v) is 8.24. The van der Waals surface area contributed by atoms with Crippen LogP contribution in [0.5, 0.6) is 0 Å². The van der Waals surface area contributed by atoms with Crippen LogP contribution >= 0.6 is 11.3 Å². The predicted octanol–water partition coefficient (Wildman–Crippen LogP) is 3.36. The highest BCUT2D eigenvalue weighted by Gasteiger charge is 2.07. The van der Waals surface area contributed by atoms with Gasteiger partial charge in [-0.1, -0.05) is 20.3 Å². The lowest BCUT2D eigenvalue weighted by Gasteiger charge is -2.03. The van der Waals surface area contributed by atoms with E-state index in [4.69, 9.17) is 0 Å². The zero-order chi connectivity index (χ0) is 8.27. The van der Waals surface area contributed by atoms with E-state index in [0.717, 1.165) is 0 Å². The topological polar surface area (TPSA) is 12.9 Å². The van der Waals surface area contributed by atoms with Crippen LogP contribution in [-0.2, 0) is 0 Å². The number of thiazole rings is 1. The summed E-state index contributed by atoms with van der Waals surface area (Å²) in [4.78, 5) is 5.68. The van der Waals surface area contributed by atoms with Crippen molar-refractivity contribution < 1.29 is 0 Å². The van der Waals surface area contributed by atoms with E-state index in [0.29, 0.717) is 5.92 Å². The van der Waals surface area contributed by atoms with Crippen molar-refractivity contribution in [3.05, 3.63) is 16.1 Å². The second kappa shape index (κ2) is 3.86. The number of hydrogen-bond acceptors (Lipinski definition) is 2. The Bertz CT molecular complexity index is 217. The first kappa shape index (κ1) is 8.72. The molecule has 0 N–H and O–H groups in total. The molecule has 1 rings (SSSR count). The third kappa shape index (κ3) is 2.29. The highest BCUT2D eigenvalue weighted by molar-refractivity contribution is 7.11. The smallest absolute Gasteiger partial charge is 0.0955 e. The van der Waals surface area contributed by atoms with Crippen LogP contribution in [0.4, 0.5) is 0 Å². The van der Waals surface area contributed by atoms with Crippen molar-refractivity contribution in [2.75, 3.05) is 0 Å². The molecule has 1 aromatic heterocycles. The van der Waals surface area contributed by atoms with Crippen molar-refractivity contribution >= 4 is 11.3 Å². The van der Waals surface area contributed by atoms with Gasteiger partial charge in [-0.25, -0.2) is 4.98 Å². The van der Waals surface area contributed by atoms with Gasteiger partial charge in [0.25, 0.3) is 0 Å². The van der Waals surface area contributed by atoms with Crippen molar-refractivity contribution in [2.45, 2.75) is 39.5 Å². The molecule has 62 valence electrons. The van der Waals surface area contributed by atoms with Crippen LogP contribution < -0.4 is 0 Å². The van der Waals surface area contributed by atoms with Crippen LogP contribution in [0.1, 0.15) is 42.5 Å². The Labute approximate surface area is 72.5 Å². The van der Waals surface area contributed by atoms with E-state index in [1.807, 2.05) is 17.5 Å². The second-order valence-corrected chi connectivity index (χ2v) is 4.27. The Kier molecular flexibility index (Phi) is 3.06. The summed E-state index contributed by atoms with van der Waals surface area (Å²) in [5.41, 5.74) is 0. The summed E-state index contributed by atoms with van der Waals surface area (Å²) in [6.45, 7) is 6.58.